The van der Waals surface area contributed by atoms with Crippen LogP contribution in [0.25, 0.3) is 5.69 Å². The largest absolute Gasteiger partial charge is 0.298 e. The van der Waals surface area contributed by atoms with E-state index in [0.717, 1.165) is 24.1 Å². The highest BCUT2D eigenvalue weighted by atomic mass is 16.1. The molecule has 0 aliphatic rings. The van der Waals surface area contributed by atoms with E-state index >= 15 is 0 Å². The van der Waals surface area contributed by atoms with Gasteiger partial charge in [0, 0.05) is 17.5 Å². The molecule has 0 amide bonds. The zero-order chi connectivity index (χ0) is 10.7. The van der Waals surface area contributed by atoms with E-state index in [-0.39, 0.29) is 0 Å². The number of carbonyl (C=O) groups excluding carboxylic acids is 1. The van der Waals surface area contributed by atoms with Crippen LogP contribution >= 0.6 is 0 Å². The van der Waals surface area contributed by atoms with Crippen LogP contribution in [0.3, 0.4) is 0 Å². The molecule has 0 N–H and O–H groups in total. The number of aromatic nitrogens is 2. The molecule has 3 nitrogen and oxygen atoms in total. The van der Waals surface area contributed by atoms with Crippen LogP contribution in [0.1, 0.15) is 23.0 Å². The summed E-state index contributed by atoms with van der Waals surface area (Å²) in [6, 6.07) is 9.38. The second-order valence-corrected chi connectivity index (χ2v) is 3.30. The molecule has 0 saturated carbocycles. The SMILES string of the molecule is CCc1ccnn1-c1ccc(C=O)cc1. The van der Waals surface area contributed by atoms with Crippen molar-refractivity contribution in [2.24, 2.45) is 0 Å². The van der Waals surface area contributed by atoms with Crippen molar-refractivity contribution in [1.29, 1.82) is 0 Å². The highest BCUT2D eigenvalue weighted by molar-refractivity contribution is 5.75. The van der Waals surface area contributed by atoms with Crippen LogP contribution in [0.5, 0.6) is 0 Å². The molecule has 0 radical (unpaired) electrons. The lowest BCUT2D eigenvalue weighted by atomic mass is 10.2. The van der Waals surface area contributed by atoms with Crippen LogP contribution in [-0.2, 0) is 6.42 Å². The lowest BCUT2D eigenvalue weighted by Gasteiger charge is -2.05. The third kappa shape index (κ3) is 1.81. The molecular formula is C12H12N2O. The molecule has 1 aromatic heterocycles. The Kier molecular flexibility index (Phi) is 2.63. The number of aldehydes is 1. The van der Waals surface area contributed by atoms with E-state index in [1.165, 1.54) is 0 Å². The highest BCUT2D eigenvalue weighted by Crippen LogP contribution is 2.11. The summed E-state index contributed by atoms with van der Waals surface area (Å²) in [5, 5.41) is 4.24. The van der Waals surface area contributed by atoms with Gasteiger partial charge < -0.3 is 0 Å². The molecule has 15 heavy (non-hydrogen) atoms. The predicted octanol–water partition coefficient (Wildman–Crippen LogP) is 2.25. The fourth-order valence-corrected chi connectivity index (χ4v) is 1.52. The summed E-state index contributed by atoms with van der Waals surface area (Å²) in [4.78, 5) is 10.5. The number of hydrogen-bond acceptors (Lipinski definition) is 2. The van der Waals surface area contributed by atoms with Gasteiger partial charge in [-0.2, -0.15) is 5.10 Å². The van der Waals surface area contributed by atoms with Crippen molar-refractivity contribution < 1.29 is 4.79 Å². The zero-order valence-electron chi connectivity index (χ0n) is 8.55. The molecule has 1 aromatic carbocycles. The van der Waals surface area contributed by atoms with Gasteiger partial charge in [-0.05, 0) is 36.8 Å². The molecule has 0 aliphatic heterocycles. The standard InChI is InChI=1S/C12H12N2O/c1-2-11-7-8-13-14(11)12-5-3-10(9-15)4-6-12/h3-9H,2H2,1H3. The Labute approximate surface area is 88.4 Å². The van der Waals surface area contributed by atoms with Crippen LogP contribution in [-0.4, -0.2) is 16.1 Å². The number of rotatable bonds is 3. The minimum absolute atomic E-state index is 0.684. The third-order valence-electron chi connectivity index (χ3n) is 2.36. The molecule has 3 heteroatoms. The van der Waals surface area contributed by atoms with Gasteiger partial charge in [-0.25, -0.2) is 4.68 Å². The molecule has 0 bridgehead atoms. The Morgan fingerprint density at radius 2 is 2.00 bits per heavy atom. The van der Waals surface area contributed by atoms with Crippen LogP contribution in [0.4, 0.5) is 0 Å². The van der Waals surface area contributed by atoms with Gasteiger partial charge in [0.05, 0.1) is 5.69 Å². The number of carbonyl (C=O) groups is 1. The van der Waals surface area contributed by atoms with E-state index in [1.807, 2.05) is 22.9 Å². The number of aryl methyl sites for hydroxylation is 1. The summed E-state index contributed by atoms with van der Waals surface area (Å²) in [6.45, 7) is 2.09. The fraction of sp³-hybridized carbons (Fsp3) is 0.167. The van der Waals surface area contributed by atoms with Gasteiger partial charge in [0.2, 0.25) is 0 Å². The van der Waals surface area contributed by atoms with E-state index in [4.69, 9.17) is 0 Å². The van der Waals surface area contributed by atoms with Gasteiger partial charge in [-0.15, -0.1) is 0 Å². The van der Waals surface area contributed by atoms with Gasteiger partial charge in [0.25, 0.3) is 0 Å². The number of nitrogens with zero attached hydrogens (tertiary/aromatic N) is 2. The predicted molar refractivity (Wildman–Crippen MR) is 58.3 cm³/mol. The summed E-state index contributed by atoms with van der Waals surface area (Å²) in [6.07, 6.45) is 3.56. The van der Waals surface area contributed by atoms with E-state index in [2.05, 4.69) is 12.0 Å². The first-order valence-electron chi connectivity index (χ1n) is 4.93. The molecule has 1 heterocycles. The topological polar surface area (TPSA) is 34.9 Å². The number of hydrogen-bond donors (Lipinski definition) is 0. The molecule has 0 fully saturated rings. The van der Waals surface area contributed by atoms with Crippen molar-refractivity contribution in [2.45, 2.75) is 13.3 Å². The van der Waals surface area contributed by atoms with Gasteiger partial charge in [-0.3, -0.25) is 4.79 Å². The lowest BCUT2D eigenvalue weighted by Crippen LogP contribution is -2.00. The Balaban J connectivity index is 2.41. The molecule has 2 rings (SSSR count). The maximum absolute atomic E-state index is 10.5. The fourth-order valence-electron chi connectivity index (χ4n) is 1.52. The molecular weight excluding hydrogens is 188 g/mol. The lowest BCUT2D eigenvalue weighted by molar-refractivity contribution is 0.112. The van der Waals surface area contributed by atoms with Crippen LogP contribution in [0.15, 0.2) is 36.5 Å². The normalized spacial score (nSPS) is 10.2. The van der Waals surface area contributed by atoms with Gasteiger partial charge in [-0.1, -0.05) is 6.92 Å². The molecule has 76 valence electrons. The van der Waals surface area contributed by atoms with Crippen molar-refractivity contribution in [3.05, 3.63) is 47.8 Å². The first-order chi connectivity index (χ1) is 7.35. The smallest absolute Gasteiger partial charge is 0.150 e. The molecule has 0 atom stereocenters. The Morgan fingerprint density at radius 1 is 1.27 bits per heavy atom. The first kappa shape index (κ1) is 9.65. The second-order valence-electron chi connectivity index (χ2n) is 3.30. The van der Waals surface area contributed by atoms with Crippen molar-refractivity contribution in [1.82, 2.24) is 9.78 Å². The molecule has 0 spiro atoms. The summed E-state index contributed by atoms with van der Waals surface area (Å²) in [5.74, 6) is 0. The molecule has 2 aromatic rings. The van der Waals surface area contributed by atoms with Crippen LogP contribution in [0, 0.1) is 0 Å². The summed E-state index contributed by atoms with van der Waals surface area (Å²) in [5.41, 5.74) is 2.83. The Bertz CT molecular complexity index is 457. The van der Waals surface area contributed by atoms with Crippen LogP contribution < -0.4 is 0 Å². The van der Waals surface area contributed by atoms with Crippen molar-refractivity contribution in [3.8, 4) is 5.69 Å². The van der Waals surface area contributed by atoms with Crippen molar-refractivity contribution >= 4 is 6.29 Å². The van der Waals surface area contributed by atoms with Crippen molar-refractivity contribution in [3.63, 3.8) is 0 Å². The molecule has 0 unspecified atom stereocenters. The van der Waals surface area contributed by atoms with E-state index in [9.17, 15) is 4.79 Å². The van der Waals surface area contributed by atoms with Gasteiger partial charge in [0.15, 0.2) is 0 Å². The zero-order valence-corrected chi connectivity index (χ0v) is 8.55. The Hall–Kier alpha value is -1.90. The first-order valence-corrected chi connectivity index (χ1v) is 4.93. The summed E-state index contributed by atoms with van der Waals surface area (Å²) >= 11 is 0. The van der Waals surface area contributed by atoms with Crippen LogP contribution in [0.2, 0.25) is 0 Å². The average molecular weight is 200 g/mol. The maximum Gasteiger partial charge on any atom is 0.150 e. The average Bonchev–Trinajstić information content (AvgIpc) is 2.77. The minimum Gasteiger partial charge on any atom is -0.298 e. The maximum atomic E-state index is 10.5. The Morgan fingerprint density at radius 3 is 2.60 bits per heavy atom. The minimum atomic E-state index is 0.684. The third-order valence-corrected chi connectivity index (χ3v) is 2.36. The number of benzene rings is 1. The monoisotopic (exact) mass is 200 g/mol. The van der Waals surface area contributed by atoms with E-state index < -0.39 is 0 Å². The summed E-state index contributed by atoms with van der Waals surface area (Å²) in [7, 11) is 0. The quantitative estimate of drug-likeness (QED) is 0.712. The van der Waals surface area contributed by atoms with Gasteiger partial charge >= 0.3 is 0 Å². The van der Waals surface area contributed by atoms with E-state index in [1.54, 1.807) is 18.3 Å². The van der Waals surface area contributed by atoms with E-state index in [0.29, 0.717) is 5.56 Å². The highest BCUT2D eigenvalue weighted by Gasteiger charge is 2.02. The van der Waals surface area contributed by atoms with Crippen molar-refractivity contribution in [2.75, 3.05) is 0 Å². The second kappa shape index (κ2) is 4.09. The van der Waals surface area contributed by atoms with Gasteiger partial charge in [0.1, 0.15) is 6.29 Å². The molecule has 0 aliphatic carbocycles. The summed E-state index contributed by atoms with van der Waals surface area (Å²) < 4.78 is 1.88. The molecule has 0 saturated heterocycles.